The van der Waals surface area contributed by atoms with Gasteiger partial charge in [0, 0.05) is 39.6 Å². The van der Waals surface area contributed by atoms with E-state index >= 15 is 0 Å². The first-order valence-electron chi connectivity index (χ1n) is 7.57. The van der Waals surface area contributed by atoms with Gasteiger partial charge in [-0.15, -0.1) is 0 Å². The van der Waals surface area contributed by atoms with Gasteiger partial charge in [-0.3, -0.25) is 0 Å². The third-order valence-electron chi connectivity index (χ3n) is 4.03. The first-order valence-corrected chi connectivity index (χ1v) is 7.57. The quantitative estimate of drug-likeness (QED) is 0.693. The van der Waals surface area contributed by atoms with Gasteiger partial charge in [-0.05, 0) is 12.1 Å². The highest BCUT2D eigenvalue weighted by Gasteiger charge is 2.40. The Kier molecular flexibility index (Phi) is 6.34. The van der Waals surface area contributed by atoms with E-state index in [-0.39, 0.29) is 0 Å². The van der Waals surface area contributed by atoms with Crippen molar-refractivity contribution >= 4 is 0 Å². The second kappa shape index (κ2) is 8.26. The number of hydrogen-bond donors (Lipinski definition) is 0. The predicted octanol–water partition coefficient (Wildman–Crippen LogP) is 3.48. The number of ether oxygens (including phenoxy) is 5. The van der Waals surface area contributed by atoms with E-state index in [2.05, 4.69) is 0 Å². The Morgan fingerprint density at radius 1 is 0.708 bits per heavy atom. The zero-order chi connectivity index (χ0) is 17.6. The summed E-state index contributed by atoms with van der Waals surface area (Å²) in [6.07, 6.45) is -0.541. The van der Waals surface area contributed by atoms with Crippen LogP contribution in [0.1, 0.15) is 23.0 Å². The highest BCUT2D eigenvalue weighted by atomic mass is 16.7. The van der Waals surface area contributed by atoms with Crippen LogP contribution in [-0.4, -0.2) is 35.5 Å². The minimum atomic E-state index is -1.15. The Morgan fingerprint density at radius 3 is 1.79 bits per heavy atom. The van der Waals surface area contributed by atoms with E-state index < -0.39 is 12.1 Å². The molecule has 0 amide bonds. The van der Waals surface area contributed by atoms with Crippen LogP contribution in [0.5, 0.6) is 5.75 Å². The van der Waals surface area contributed by atoms with Gasteiger partial charge in [0.2, 0.25) is 5.79 Å². The summed E-state index contributed by atoms with van der Waals surface area (Å²) >= 11 is 0. The second-order valence-electron chi connectivity index (χ2n) is 5.12. The van der Waals surface area contributed by atoms with Crippen molar-refractivity contribution in [1.29, 1.82) is 0 Å². The Hall–Kier alpha value is -1.92. The molecular formula is C19H24O5. The van der Waals surface area contributed by atoms with E-state index in [1.165, 1.54) is 0 Å². The summed E-state index contributed by atoms with van der Waals surface area (Å²) in [5.74, 6) is -0.485. The molecule has 2 aromatic rings. The molecule has 2 rings (SSSR count). The fourth-order valence-corrected chi connectivity index (χ4v) is 2.94. The molecule has 0 aliphatic rings. The number of rotatable bonds is 8. The second-order valence-corrected chi connectivity index (χ2v) is 5.12. The first-order chi connectivity index (χ1) is 11.7. The molecule has 0 bridgehead atoms. The van der Waals surface area contributed by atoms with Crippen LogP contribution >= 0.6 is 0 Å². The Morgan fingerprint density at radius 2 is 1.25 bits per heavy atom. The van der Waals surface area contributed by atoms with E-state index in [0.717, 1.165) is 16.7 Å². The molecule has 0 aliphatic heterocycles. The van der Waals surface area contributed by atoms with Crippen LogP contribution in [-0.2, 0) is 24.7 Å². The SMILES string of the molecule is COc1ccccc1C(OC)(OC)c1ccccc1C(OC)OC. The van der Waals surface area contributed by atoms with E-state index in [9.17, 15) is 0 Å². The minimum Gasteiger partial charge on any atom is -0.496 e. The van der Waals surface area contributed by atoms with Crippen molar-refractivity contribution in [2.75, 3.05) is 35.5 Å². The number of para-hydroxylation sites is 1. The molecule has 0 fully saturated rings. The summed E-state index contributed by atoms with van der Waals surface area (Å²) in [6, 6.07) is 15.3. The number of hydrogen-bond acceptors (Lipinski definition) is 5. The largest absolute Gasteiger partial charge is 0.496 e. The number of benzene rings is 2. The van der Waals surface area contributed by atoms with Crippen LogP contribution in [0.2, 0.25) is 0 Å². The molecule has 0 saturated heterocycles. The summed E-state index contributed by atoms with van der Waals surface area (Å²) in [4.78, 5) is 0. The van der Waals surface area contributed by atoms with Gasteiger partial charge in [0.1, 0.15) is 5.75 Å². The summed E-state index contributed by atoms with van der Waals surface area (Å²) < 4.78 is 28.1. The third-order valence-corrected chi connectivity index (χ3v) is 4.03. The molecule has 0 unspecified atom stereocenters. The lowest BCUT2D eigenvalue weighted by atomic mass is 9.91. The maximum Gasteiger partial charge on any atom is 0.225 e. The van der Waals surface area contributed by atoms with Crippen LogP contribution < -0.4 is 4.74 Å². The molecule has 5 heteroatoms. The molecule has 0 spiro atoms. The van der Waals surface area contributed by atoms with Crippen LogP contribution in [0.15, 0.2) is 48.5 Å². The molecule has 0 atom stereocenters. The van der Waals surface area contributed by atoms with Gasteiger partial charge >= 0.3 is 0 Å². The van der Waals surface area contributed by atoms with Crippen molar-refractivity contribution in [3.8, 4) is 5.75 Å². The van der Waals surface area contributed by atoms with Crippen LogP contribution in [0, 0.1) is 0 Å². The Bertz CT molecular complexity index is 648. The zero-order valence-corrected chi connectivity index (χ0v) is 14.7. The summed E-state index contributed by atoms with van der Waals surface area (Å²) in [6.45, 7) is 0. The van der Waals surface area contributed by atoms with Gasteiger partial charge in [-0.25, -0.2) is 0 Å². The lowest BCUT2D eigenvalue weighted by molar-refractivity contribution is -0.188. The van der Waals surface area contributed by atoms with Crippen molar-refractivity contribution in [3.63, 3.8) is 0 Å². The Balaban J connectivity index is 2.72. The van der Waals surface area contributed by atoms with E-state index in [1.807, 2.05) is 48.5 Å². The predicted molar refractivity (Wildman–Crippen MR) is 91.0 cm³/mol. The molecular weight excluding hydrogens is 308 g/mol. The highest BCUT2D eigenvalue weighted by molar-refractivity contribution is 5.46. The van der Waals surface area contributed by atoms with E-state index in [1.54, 1.807) is 35.5 Å². The van der Waals surface area contributed by atoms with Crippen molar-refractivity contribution in [2.45, 2.75) is 12.1 Å². The molecule has 0 aliphatic carbocycles. The lowest BCUT2D eigenvalue weighted by Gasteiger charge is -2.35. The lowest BCUT2D eigenvalue weighted by Crippen LogP contribution is -2.34. The minimum absolute atomic E-state index is 0.541. The van der Waals surface area contributed by atoms with Gasteiger partial charge in [0.05, 0.1) is 12.7 Å². The topological polar surface area (TPSA) is 46.2 Å². The van der Waals surface area contributed by atoms with Gasteiger partial charge < -0.3 is 23.7 Å². The van der Waals surface area contributed by atoms with Crippen LogP contribution in [0.25, 0.3) is 0 Å². The molecule has 24 heavy (non-hydrogen) atoms. The standard InChI is InChI=1S/C19H24O5/c1-20-17-13-9-8-12-16(17)19(23-4,24-5)15-11-7-6-10-14(15)18(21-2)22-3/h6-13,18H,1-5H3. The first kappa shape index (κ1) is 18.4. The average molecular weight is 332 g/mol. The maximum atomic E-state index is 5.87. The summed E-state index contributed by atoms with van der Waals surface area (Å²) in [7, 11) is 8.00. The molecule has 130 valence electrons. The van der Waals surface area contributed by atoms with Gasteiger partial charge in [0.15, 0.2) is 6.29 Å². The summed E-state index contributed by atoms with van der Waals surface area (Å²) in [5.41, 5.74) is 2.36. The third kappa shape index (κ3) is 3.16. The van der Waals surface area contributed by atoms with Crippen LogP contribution in [0.3, 0.4) is 0 Å². The van der Waals surface area contributed by atoms with Crippen molar-refractivity contribution < 1.29 is 23.7 Å². The maximum absolute atomic E-state index is 5.87. The normalized spacial score (nSPS) is 11.8. The number of methoxy groups -OCH3 is 5. The molecule has 0 N–H and O–H groups in total. The van der Waals surface area contributed by atoms with Gasteiger partial charge in [0.25, 0.3) is 0 Å². The van der Waals surface area contributed by atoms with Gasteiger partial charge in [-0.1, -0.05) is 36.4 Å². The van der Waals surface area contributed by atoms with Gasteiger partial charge in [-0.2, -0.15) is 0 Å². The van der Waals surface area contributed by atoms with E-state index in [4.69, 9.17) is 23.7 Å². The van der Waals surface area contributed by atoms with Crippen LogP contribution in [0.4, 0.5) is 0 Å². The van der Waals surface area contributed by atoms with E-state index in [0.29, 0.717) is 5.75 Å². The zero-order valence-electron chi connectivity index (χ0n) is 14.7. The average Bonchev–Trinajstić information content (AvgIpc) is 2.65. The molecule has 0 saturated carbocycles. The monoisotopic (exact) mass is 332 g/mol. The Labute approximate surface area is 143 Å². The molecule has 5 nitrogen and oxygen atoms in total. The smallest absolute Gasteiger partial charge is 0.225 e. The highest BCUT2D eigenvalue weighted by Crippen LogP contribution is 2.42. The molecule has 0 heterocycles. The van der Waals surface area contributed by atoms with Crippen molar-refractivity contribution in [1.82, 2.24) is 0 Å². The summed E-state index contributed by atoms with van der Waals surface area (Å²) in [5, 5.41) is 0. The molecule has 0 radical (unpaired) electrons. The van der Waals surface area contributed by atoms with Crippen molar-refractivity contribution in [3.05, 3.63) is 65.2 Å². The molecule has 2 aromatic carbocycles. The molecule has 0 aromatic heterocycles. The fourth-order valence-electron chi connectivity index (χ4n) is 2.94. The van der Waals surface area contributed by atoms with Crippen molar-refractivity contribution in [2.24, 2.45) is 0 Å². The fraction of sp³-hybridized carbons (Fsp3) is 0.368.